The van der Waals surface area contributed by atoms with Gasteiger partial charge in [-0.1, -0.05) is 19.9 Å². The van der Waals surface area contributed by atoms with Crippen LogP contribution in [0.4, 0.5) is 0 Å². The summed E-state index contributed by atoms with van der Waals surface area (Å²) in [6, 6.07) is 4.61. The van der Waals surface area contributed by atoms with E-state index in [4.69, 9.17) is 28.3 Å². The number of alkyl halides is 2. The molecule has 0 saturated carbocycles. The molecule has 1 aromatic rings. The van der Waals surface area contributed by atoms with Crippen molar-refractivity contribution < 1.29 is 15.3 Å². The summed E-state index contributed by atoms with van der Waals surface area (Å²) in [7, 11) is 0. The van der Waals surface area contributed by atoms with Crippen molar-refractivity contribution in [1.29, 1.82) is 0 Å². The molecule has 0 saturated heterocycles. The molecule has 0 aliphatic carbocycles. The van der Waals surface area contributed by atoms with Gasteiger partial charge in [0, 0.05) is 12.6 Å². The van der Waals surface area contributed by atoms with Crippen LogP contribution in [0.1, 0.15) is 25.5 Å². The molecule has 0 aliphatic rings. The third kappa shape index (κ3) is 6.91. The van der Waals surface area contributed by atoms with Crippen molar-refractivity contribution in [2.24, 2.45) is 0 Å². The number of rotatable bonds is 4. The summed E-state index contributed by atoms with van der Waals surface area (Å²) in [4.78, 5) is 0. The van der Waals surface area contributed by atoms with Crippen molar-refractivity contribution in [3.8, 4) is 11.5 Å². The molecule has 6 heteroatoms. The zero-order valence-corrected chi connectivity index (χ0v) is 11.9. The number of halogens is 2. The van der Waals surface area contributed by atoms with Gasteiger partial charge in [-0.05, 0) is 17.7 Å². The standard InChI is InChI=1S/C11H17NO3.CH2Cl2/c1-7(2)12-6-11(15)8-3-4-9(13)10(14)5-8;2-1-3/h3-5,7,11-15H,6H2,1-2H3;1H2/t11-;/m1./s1. The van der Waals surface area contributed by atoms with E-state index in [-0.39, 0.29) is 16.8 Å². The number of aliphatic hydroxyl groups is 1. The molecule has 0 spiro atoms. The summed E-state index contributed by atoms with van der Waals surface area (Å²) in [5.41, 5.74) is 0.582. The third-order valence-corrected chi connectivity index (χ3v) is 2.10. The maximum atomic E-state index is 9.73. The number of nitrogens with one attached hydrogen (secondary N) is 1. The van der Waals surface area contributed by atoms with Gasteiger partial charge < -0.3 is 20.6 Å². The molecule has 0 fully saturated rings. The lowest BCUT2D eigenvalue weighted by Gasteiger charge is -2.14. The number of hydrogen-bond donors (Lipinski definition) is 4. The van der Waals surface area contributed by atoms with Gasteiger partial charge in [0.05, 0.1) is 11.4 Å². The quantitative estimate of drug-likeness (QED) is 0.509. The first-order chi connectivity index (χ1) is 8.42. The van der Waals surface area contributed by atoms with E-state index in [1.807, 2.05) is 13.8 Å². The number of phenols is 2. The second-order valence-corrected chi connectivity index (χ2v) is 4.74. The van der Waals surface area contributed by atoms with Gasteiger partial charge in [-0.25, -0.2) is 0 Å². The van der Waals surface area contributed by atoms with Crippen LogP contribution in [0.3, 0.4) is 0 Å². The van der Waals surface area contributed by atoms with Crippen molar-refractivity contribution in [3.63, 3.8) is 0 Å². The van der Waals surface area contributed by atoms with Crippen LogP contribution < -0.4 is 5.32 Å². The van der Waals surface area contributed by atoms with E-state index >= 15 is 0 Å². The zero-order chi connectivity index (χ0) is 14.1. The van der Waals surface area contributed by atoms with E-state index in [1.165, 1.54) is 12.1 Å². The van der Waals surface area contributed by atoms with Gasteiger partial charge in [0.2, 0.25) is 0 Å². The van der Waals surface area contributed by atoms with Gasteiger partial charge in [0.1, 0.15) is 0 Å². The Morgan fingerprint density at radius 3 is 2.17 bits per heavy atom. The first-order valence-electron chi connectivity index (χ1n) is 5.47. The average Bonchev–Trinajstić information content (AvgIpc) is 2.30. The van der Waals surface area contributed by atoms with Gasteiger partial charge in [-0.15, -0.1) is 23.2 Å². The summed E-state index contributed by atoms with van der Waals surface area (Å²) in [6.45, 7) is 4.39. The molecule has 0 heterocycles. The molecule has 1 aromatic carbocycles. The predicted molar refractivity (Wildman–Crippen MR) is 74.4 cm³/mol. The molecule has 0 bridgehead atoms. The lowest BCUT2D eigenvalue weighted by Crippen LogP contribution is -2.27. The molecule has 0 aliphatic heterocycles. The van der Waals surface area contributed by atoms with Crippen LogP contribution in [-0.4, -0.2) is 33.2 Å². The van der Waals surface area contributed by atoms with Crippen LogP contribution in [0.2, 0.25) is 0 Å². The van der Waals surface area contributed by atoms with E-state index in [0.717, 1.165) is 0 Å². The fourth-order valence-corrected chi connectivity index (χ4v) is 1.21. The van der Waals surface area contributed by atoms with Crippen molar-refractivity contribution in [2.45, 2.75) is 26.0 Å². The normalized spacial score (nSPS) is 11.9. The number of phenolic OH excluding ortho intramolecular Hbond substituents is 2. The molecule has 0 aromatic heterocycles. The average molecular weight is 296 g/mol. The Labute approximate surface area is 117 Å². The Hall–Kier alpha value is -0.680. The Balaban J connectivity index is 0.000000873. The number of aromatic hydroxyl groups is 2. The second-order valence-electron chi connectivity index (χ2n) is 3.93. The van der Waals surface area contributed by atoms with Gasteiger partial charge in [0.15, 0.2) is 11.5 Å². The minimum Gasteiger partial charge on any atom is -0.504 e. The van der Waals surface area contributed by atoms with E-state index in [1.54, 1.807) is 6.07 Å². The molecule has 1 rings (SSSR count). The second kappa shape index (κ2) is 9.28. The topological polar surface area (TPSA) is 72.7 Å². The van der Waals surface area contributed by atoms with Crippen molar-refractivity contribution in [2.75, 3.05) is 11.9 Å². The van der Waals surface area contributed by atoms with Crippen molar-refractivity contribution in [1.82, 2.24) is 5.32 Å². The molecule has 4 N–H and O–H groups in total. The van der Waals surface area contributed by atoms with E-state index in [9.17, 15) is 10.2 Å². The Bertz CT molecular complexity index is 348. The van der Waals surface area contributed by atoms with Crippen LogP contribution in [-0.2, 0) is 0 Å². The Morgan fingerprint density at radius 1 is 1.17 bits per heavy atom. The molecule has 0 unspecified atom stereocenters. The highest BCUT2D eigenvalue weighted by Crippen LogP contribution is 2.27. The molecule has 0 radical (unpaired) electrons. The summed E-state index contributed by atoms with van der Waals surface area (Å²) in [5.74, 6) is -0.390. The summed E-state index contributed by atoms with van der Waals surface area (Å²) < 4.78 is 0. The van der Waals surface area contributed by atoms with Crippen LogP contribution >= 0.6 is 23.2 Å². The Morgan fingerprint density at radius 2 is 1.72 bits per heavy atom. The fourth-order valence-electron chi connectivity index (χ4n) is 1.21. The van der Waals surface area contributed by atoms with E-state index < -0.39 is 6.10 Å². The molecule has 104 valence electrons. The molecule has 0 amide bonds. The molecule has 4 nitrogen and oxygen atoms in total. The molecule has 18 heavy (non-hydrogen) atoms. The zero-order valence-electron chi connectivity index (χ0n) is 10.4. The highest BCUT2D eigenvalue weighted by molar-refractivity contribution is 6.40. The van der Waals surface area contributed by atoms with E-state index in [2.05, 4.69) is 5.32 Å². The van der Waals surface area contributed by atoms with E-state index in [0.29, 0.717) is 18.2 Å². The monoisotopic (exact) mass is 295 g/mol. The maximum Gasteiger partial charge on any atom is 0.157 e. The summed E-state index contributed by atoms with van der Waals surface area (Å²) >= 11 is 9.53. The van der Waals surface area contributed by atoms with Gasteiger partial charge in [-0.2, -0.15) is 0 Å². The van der Waals surface area contributed by atoms with Gasteiger partial charge >= 0.3 is 0 Å². The minimum absolute atomic E-state index is 0.178. The fraction of sp³-hybridized carbons (Fsp3) is 0.500. The van der Waals surface area contributed by atoms with Crippen LogP contribution in [0, 0.1) is 0 Å². The van der Waals surface area contributed by atoms with Crippen molar-refractivity contribution >= 4 is 23.2 Å². The molecular formula is C12H19Cl2NO3. The largest absolute Gasteiger partial charge is 0.504 e. The van der Waals surface area contributed by atoms with Crippen LogP contribution in [0.25, 0.3) is 0 Å². The Kier molecular flexibility index (Phi) is 8.93. The van der Waals surface area contributed by atoms with Crippen LogP contribution in [0.15, 0.2) is 18.2 Å². The summed E-state index contributed by atoms with van der Waals surface area (Å²) in [6.07, 6.45) is -0.682. The summed E-state index contributed by atoms with van der Waals surface area (Å²) in [5, 5.41) is 31.3. The van der Waals surface area contributed by atoms with Gasteiger partial charge in [0.25, 0.3) is 0 Å². The number of aliphatic hydroxyl groups excluding tert-OH is 1. The molecular weight excluding hydrogens is 277 g/mol. The smallest absolute Gasteiger partial charge is 0.157 e. The van der Waals surface area contributed by atoms with Gasteiger partial charge in [-0.3, -0.25) is 0 Å². The molecule has 1 atom stereocenters. The lowest BCUT2D eigenvalue weighted by atomic mass is 10.1. The predicted octanol–water partition coefficient (Wildman–Crippen LogP) is 2.55. The SMILES string of the molecule is CC(C)NC[C@@H](O)c1ccc(O)c(O)c1.ClCCl. The van der Waals surface area contributed by atoms with Crippen molar-refractivity contribution in [3.05, 3.63) is 23.8 Å². The number of hydrogen-bond acceptors (Lipinski definition) is 4. The first-order valence-corrected chi connectivity index (χ1v) is 6.54. The third-order valence-electron chi connectivity index (χ3n) is 2.10. The maximum absolute atomic E-state index is 9.73. The first kappa shape index (κ1) is 17.3. The highest BCUT2D eigenvalue weighted by Gasteiger charge is 2.10. The number of benzene rings is 1. The minimum atomic E-state index is -0.682. The van der Waals surface area contributed by atoms with Crippen LogP contribution in [0.5, 0.6) is 11.5 Å². The lowest BCUT2D eigenvalue weighted by molar-refractivity contribution is 0.171. The highest BCUT2D eigenvalue weighted by atomic mass is 35.5.